The van der Waals surface area contributed by atoms with Crippen LogP contribution in [0.3, 0.4) is 0 Å². The molecule has 0 aromatic heterocycles. The Morgan fingerprint density at radius 2 is 1.96 bits per heavy atom. The van der Waals surface area contributed by atoms with Gasteiger partial charge in [0.1, 0.15) is 0 Å². The highest BCUT2D eigenvalue weighted by atomic mass is 79.9. The van der Waals surface area contributed by atoms with Crippen LogP contribution < -0.4 is 0 Å². The van der Waals surface area contributed by atoms with E-state index >= 15 is 0 Å². The lowest BCUT2D eigenvalue weighted by Gasteiger charge is -2.33. The number of nitrogens with zero attached hydrogens (tertiary/aromatic N) is 2. The number of carbonyl (C=O) groups is 2. The van der Waals surface area contributed by atoms with Crippen molar-refractivity contribution >= 4 is 44.7 Å². The number of amidine groups is 1. The maximum absolute atomic E-state index is 12.7. The fraction of sp³-hybridized carbons (Fsp3) is 0.389. The molecule has 0 bridgehead atoms. The Morgan fingerprint density at radius 1 is 1.32 bits per heavy atom. The molecular formula is C18H19BrN2O3S. The third-order valence-corrected chi connectivity index (χ3v) is 5.59. The number of halogens is 1. The van der Waals surface area contributed by atoms with Gasteiger partial charge in [-0.15, -0.1) is 0 Å². The molecule has 2 heterocycles. The lowest BCUT2D eigenvalue weighted by atomic mass is 9.94. The van der Waals surface area contributed by atoms with Gasteiger partial charge in [-0.3, -0.25) is 9.69 Å². The monoisotopic (exact) mass is 422 g/mol. The van der Waals surface area contributed by atoms with E-state index in [-0.39, 0.29) is 17.3 Å². The zero-order valence-corrected chi connectivity index (χ0v) is 16.8. The second-order valence-electron chi connectivity index (χ2n) is 6.27. The van der Waals surface area contributed by atoms with Crippen molar-refractivity contribution in [2.75, 3.05) is 0 Å². The number of carbonyl (C=O) groups excluding carboxylic acids is 2. The first kappa shape index (κ1) is 18.2. The molecule has 132 valence electrons. The second kappa shape index (κ2) is 6.96. The first-order valence-corrected chi connectivity index (χ1v) is 9.72. The van der Waals surface area contributed by atoms with Crippen LogP contribution in [-0.2, 0) is 14.3 Å². The number of ether oxygens (including phenoxy) is 1. The van der Waals surface area contributed by atoms with Gasteiger partial charge in [-0.05, 0) is 45.4 Å². The summed E-state index contributed by atoms with van der Waals surface area (Å²) in [6.07, 6.45) is -0.244. The molecule has 0 radical (unpaired) electrons. The highest BCUT2D eigenvalue weighted by molar-refractivity contribution is 9.10. The number of allylic oxidation sites excluding steroid dienone is 1. The molecule has 25 heavy (non-hydrogen) atoms. The molecule has 7 heteroatoms. The topological polar surface area (TPSA) is 59.0 Å². The van der Waals surface area contributed by atoms with Gasteiger partial charge in [0.25, 0.3) is 0 Å². The number of benzene rings is 1. The average molecular weight is 423 g/mol. The predicted molar refractivity (Wildman–Crippen MR) is 102 cm³/mol. The van der Waals surface area contributed by atoms with Crippen molar-refractivity contribution in [3.8, 4) is 0 Å². The van der Waals surface area contributed by atoms with Crippen LogP contribution >= 0.6 is 27.7 Å². The molecule has 2 aliphatic heterocycles. The van der Waals surface area contributed by atoms with Crippen molar-refractivity contribution in [1.29, 1.82) is 0 Å². The number of rotatable bonds is 3. The van der Waals surface area contributed by atoms with E-state index < -0.39 is 12.0 Å². The maximum atomic E-state index is 12.7. The lowest BCUT2D eigenvalue weighted by molar-refractivity contribution is -0.143. The fourth-order valence-corrected chi connectivity index (χ4v) is 4.20. The van der Waals surface area contributed by atoms with Crippen LogP contribution in [-0.4, -0.2) is 33.3 Å². The number of fused-ring (bicyclic) bond motifs is 1. The van der Waals surface area contributed by atoms with Gasteiger partial charge < -0.3 is 4.74 Å². The molecule has 1 aromatic rings. The van der Waals surface area contributed by atoms with Gasteiger partial charge in [0.15, 0.2) is 5.17 Å². The molecule has 3 rings (SSSR count). The minimum Gasteiger partial charge on any atom is -0.459 e. The molecule has 0 N–H and O–H groups in total. The van der Waals surface area contributed by atoms with Crippen molar-refractivity contribution in [1.82, 2.24) is 4.90 Å². The summed E-state index contributed by atoms with van der Waals surface area (Å²) in [5.74, 6) is -0.473. The van der Waals surface area contributed by atoms with Crippen molar-refractivity contribution in [2.45, 2.75) is 45.1 Å². The van der Waals surface area contributed by atoms with Crippen LogP contribution in [0.2, 0.25) is 0 Å². The Kier molecular flexibility index (Phi) is 5.06. The third-order valence-electron chi connectivity index (χ3n) is 4.01. The van der Waals surface area contributed by atoms with Gasteiger partial charge in [-0.2, -0.15) is 0 Å². The van der Waals surface area contributed by atoms with Crippen molar-refractivity contribution in [3.05, 3.63) is 45.6 Å². The van der Waals surface area contributed by atoms with Gasteiger partial charge in [0.2, 0.25) is 5.91 Å². The minimum atomic E-state index is -0.517. The van der Waals surface area contributed by atoms with Crippen LogP contribution in [0.4, 0.5) is 0 Å². The first-order valence-electron chi connectivity index (χ1n) is 8.05. The van der Waals surface area contributed by atoms with Gasteiger partial charge in [-0.1, -0.05) is 39.8 Å². The van der Waals surface area contributed by atoms with Crippen molar-refractivity contribution < 1.29 is 14.3 Å². The third kappa shape index (κ3) is 3.40. The Morgan fingerprint density at radius 3 is 2.56 bits per heavy atom. The SMILES string of the molecule is CC1=C(C(=O)OC(C)C)C(c2ccc(Br)cc2)N2C(=O)C(C)SC2=N1. The number of thioether (sulfide) groups is 1. The largest absolute Gasteiger partial charge is 0.459 e. The van der Waals surface area contributed by atoms with Gasteiger partial charge in [0.05, 0.1) is 28.7 Å². The van der Waals surface area contributed by atoms with E-state index in [4.69, 9.17) is 4.74 Å². The maximum Gasteiger partial charge on any atom is 0.338 e. The van der Waals surface area contributed by atoms with Gasteiger partial charge in [0, 0.05) is 4.47 Å². The predicted octanol–water partition coefficient (Wildman–Crippen LogP) is 4.05. The number of hydrogen-bond acceptors (Lipinski definition) is 5. The molecule has 2 atom stereocenters. The molecular weight excluding hydrogens is 404 g/mol. The molecule has 1 saturated heterocycles. The molecule has 1 aromatic carbocycles. The van der Waals surface area contributed by atoms with E-state index in [2.05, 4.69) is 20.9 Å². The summed E-state index contributed by atoms with van der Waals surface area (Å²) < 4.78 is 6.36. The zero-order chi connectivity index (χ0) is 18.3. The minimum absolute atomic E-state index is 0.0426. The summed E-state index contributed by atoms with van der Waals surface area (Å²) in [5.41, 5.74) is 1.87. The zero-order valence-electron chi connectivity index (χ0n) is 14.4. The first-order chi connectivity index (χ1) is 11.8. The van der Waals surface area contributed by atoms with E-state index in [1.165, 1.54) is 11.8 Å². The summed E-state index contributed by atoms with van der Waals surface area (Å²) in [5, 5.41) is 0.425. The highest BCUT2D eigenvalue weighted by Gasteiger charge is 2.46. The molecule has 0 aliphatic carbocycles. The second-order valence-corrected chi connectivity index (χ2v) is 8.49. The highest BCUT2D eigenvalue weighted by Crippen LogP contribution is 2.43. The summed E-state index contributed by atoms with van der Waals surface area (Å²) in [6.45, 7) is 7.26. The number of amides is 1. The van der Waals surface area contributed by atoms with Gasteiger partial charge >= 0.3 is 5.97 Å². The van der Waals surface area contributed by atoms with Crippen molar-refractivity contribution in [2.24, 2.45) is 4.99 Å². The van der Waals surface area contributed by atoms with Crippen LogP contribution in [0, 0.1) is 0 Å². The summed E-state index contributed by atoms with van der Waals surface area (Å²) in [7, 11) is 0. The van der Waals surface area contributed by atoms with E-state index in [9.17, 15) is 9.59 Å². The van der Waals surface area contributed by atoms with Crippen LogP contribution in [0.15, 0.2) is 45.0 Å². The number of hydrogen-bond donors (Lipinski definition) is 0. The fourth-order valence-electron chi connectivity index (χ4n) is 2.90. The van der Waals surface area contributed by atoms with E-state index in [1.807, 2.05) is 31.2 Å². The summed E-state index contributed by atoms with van der Waals surface area (Å²) >= 11 is 4.85. The quantitative estimate of drug-likeness (QED) is 0.689. The standard InChI is InChI=1S/C18H19BrN2O3S/c1-9(2)24-17(23)14-10(3)20-18-21(16(22)11(4)25-18)15(14)12-5-7-13(19)8-6-12/h5-9,11,15H,1-4H3. The lowest BCUT2D eigenvalue weighted by Crippen LogP contribution is -2.40. The molecule has 0 saturated carbocycles. The molecule has 5 nitrogen and oxygen atoms in total. The van der Waals surface area contributed by atoms with Crippen LogP contribution in [0.25, 0.3) is 0 Å². The van der Waals surface area contributed by atoms with Crippen molar-refractivity contribution in [3.63, 3.8) is 0 Å². The smallest absolute Gasteiger partial charge is 0.338 e. The van der Waals surface area contributed by atoms with E-state index in [0.717, 1.165) is 10.0 Å². The molecule has 1 fully saturated rings. The number of esters is 1. The Bertz CT molecular complexity index is 786. The Balaban J connectivity index is 2.12. The average Bonchev–Trinajstić information content (AvgIpc) is 2.80. The van der Waals surface area contributed by atoms with Gasteiger partial charge in [-0.25, -0.2) is 9.79 Å². The molecule has 0 spiro atoms. The summed E-state index contributed by atoms with van der Waals surface area (Å²) in [4.78, 5) is 31.6. The Labute approximate surface area is 159 Å². The molecule has 2 unspecified atom stereocenters. The Hall–Kier alpha value is -1.60. The normalized spacial score (nSPS) is 23.0. The number of aliphatic imine (C=N–C) groups is 1. The molecule has 1 amide bonds. The van der Waals surface area contributed by atoms with E-state index in [1.54, 1.807) is 25.7 Å². The summed E-state index contributed by atoms with van der Waals surface area (Å²) in [6, 6.07) is 7.11. The van der Waals surface area contributed by atoms with Crippen LogP contribution in [0.1, 0.15) is 39.3 Å². The van der Waals surface area contributed by atoms with Crippen LogP contribution in [0.5, 0.6) is 0 Å². The molecule has 2 aliphatic rings. The van der Waals surface area contributed by atoms with E-state index in [0.29, 0.717) is 16.4 Å².